The van der Waals surface area contributed by atoms with Gasteiger partial charge in [-0.15, -0.1) is 0 Å². The van der Waals surface area contributed by atoms with Gasteiger partial charge in [0.2, 0.25) is 11.8 Å². The van der Waals surface area contributed by atoms with Gasteiger partial charge in [-0.25, -0.2) is 4.79 Å². The highest BCUT2D eigenvalue weighted by Gasteiger charge is 2.62. The number of imide groups is 1. The van der Waals surface area contributed by atoms with Crippen LogP contribution in [0.4, 0.5) is 4.79 Å². The zero-order valence-corrected chi connectivity index (χ0v) is 22.6. The first-order valence-corrected chi connectivity index (χ1v) is 14.1. The number of rotatable bonds is 7. The Morgan fingerprint density at radius 3 is 2.51 bits per heavy atom. The molecule has 1 N–H and O–H groups in total. The van der Waals surface area contributed by atoms with Gasteiger partial charge >= 0.3 is 6.03 Å². The molecule has 3 saturated carbocycles. The first-order valence-electron chi connectivity index (χ1n) is 14.1. The summed E-state index contributed by atoms with van der Waals surface area (Å²) in [5.41, 5.74) is 0.129. The van der Waals surface area contributed by atoms with E-state index >= 15 is 0 Å². The predicted molar refractivity (Wildman–Crippen MR) is 136 cm³/mol. The maximum atomic E-state index is 13.9. The molecule has 1 heterocycles. The fraction of sp³-hybridized carbons (Fsp3) is 0.893. The van der Waals surface area contributed by atoms with Gasteiger partial charge in [0.15, 0.2) is 0 Å². The van der Waals surface area contributed by atoms with Gasteiger partial charge in [0.1, 0.15) is 0 Å². The second-order valence-corrected chi connectivity index (χ2v) is 12.0. The molecule has 1 aliphatic heterocycles. The lowest BCUT2D eigenvalue weighted by molar-refractivity contribution is -0.160. The number of piperidine rings is 1. The van der Waals surface area contributed by atoms with Crippen molar-refractivity contribution in [3.8, 4) is 0 Å². The van der Waals surface area contributed by atoms with Gasteiger partial charge in [-0.3, -0.25) is 14.5 Å². The number of urea groups is 1. The Morgan fingerprint density at radius 1 is 1.06 bits per heavy atom. The van der Waals surface area contributed by atoms with Crippen molar-refractivity contribution in [1.29, 1.82) is 0 Å². The molecular weight excluding hydrogens is 442 g/mol. The molecule has 4 aliphatic rings. The summed E-state index contributed by atoms with van der Waals surface area (Å²) in [7, 11) is 2.00. The summed E-state index contributed by atoms with van der Waals surface area (Å²) in [6.07, 6.45) is 8.68. The Bertz CT molecular complexity index is 818. The summed E-state index contributed by atoms with van der Waals surface area (Å²) in [6, 6.07) is 0.0874. The van der Waals surface area contributed by atoms with Crippen LogP contribution in [0.25, 0.3) is 0 Å². The molecule has 3 aliphatic carbocycles. The van der Waals surface area contributed by atoms with Crippen molar-refractivity contribution >= 4 is 17.8 Å². The van der Waals surface area contributed by atoms with Gasteiger partial charge in [0.25, 0.3) is 0 Å². The maximum absolute atomic E-state index is 13.9. The van der Waals surface area contributed by atoms with Gasteiger partial charge in [0, 0.05) is 51.7 Å². The Labute approximate surface area is 211 Å². The fourth-order valence-corrected chi connectivity index (χ4v) is 8.77. The van der Waals surface area contributed by atoms with Crippen molar-refractivity contribution in [1.82, 2.24) is 15.1 Å². The molecule has 7 nitrogen and oxygen atoms in total. The van der Waals surface area contributed by atoms with Crippen LogP contribution in [-0.4, -0.2) is 67.0 Å². The van der Waals surface area contributed by atoms with E-state index in [0.717, 1.165) is 44.9 Å². The van der Waals surface area contributed by atoms with E-state index in [2.05, 4.69) is 19.2 Å². The van der Waals surface area contributed by atoms with Crippen molar-refractivity contribution in [2.45, 2.75) is 91.5 Å². The third kappa shape index (κ3) is 4.51. The molecule has 0 aromatic carbocycles. The number of carbonyl (C=O) groups is 3. The van der Waals surface area contributed by atoms with Gasteiger partial charge in [0.05, 0.1) is 0 Å². The molecule has 1 saturated heterocycles. The summed E-state index contributed by atoms with van der Waals surface area (Å²) >= 11 is 0. The number of hydrogen-bond donors (Lipinski definition) is 1. The molecule has 0 aromatic heterocycles. The topological polar surface area (TPSA) is 79.0 Å². The van der Waals surface area contributed by atoms with E-state index in [1.165, 1.54) is 4.90 Å². The molecule has 4 amide bonds. The van der Waals surface area contributed by atoms with E-state index in [0.29, 0.717) is 68.8 Å². The van der Waals surface area contributed by atoms with Crippen LogP contribution in [0.1, 0.15) is 85.5 Å². The molecule has 0 radical (unpaired) electrons. The first kappa shape index (κ1) is 26.4. The Morgan fingerprint density at radius 2 is 1.80 bits per heavy atom. The molecule has 198 valence electrons. The van der Waals surface area contributed by atoms with Crippen LogP contribution < -0.4 is 5.32 Å². The van der Waals surface area contributed by atoms with Crippen LogP contribution in [0, 0.1) is 34.5 Å². The Kier molecular flexibility index (Phi) is 7.85. The quantitative estimate of drug-likeness (QED) is 0.536. The molecule has 4 fully saturated rings. The molecule has 4 rings (SSSR count). The lowest BCUT2D eigenvalue weighted by Gasteiger charge is -2.61. The first-order chi connectivity index (χ1) is 16.7. The minimum absolute atomic E-state index is 0.0128. The average molecular weight is 490 g/mol. The minimum Gasteiger partial charge on any atom is -0.382 e. The molecule has 0 spiro atoms. The highest BCUT2D eigenvalue weighted by Crippen LogP contribution is 2.66. The standard InChI is InChI=1S/C28H47N3O4/c1-6-29-26(34)31(17-8-18-35-7-2)25(33)22-11-10-20-19-9-12-23-28(4,16-14-24(32)30(23)5)21(19)13-15-27(20,22)3/h19-23H,6-18H2,1-5H3,(H,29,34)/t19-,20-,21+,22?,23?,27-,28+/m0/s1. The van der Waals surface area contributed by atoms with Crippen molar-refractivity contribution in [3.05, 3.63) is 0 Å². The van der Waals surface area contributed by atoms with Crippen LogP contribution >= 0.6 is 0 Å². The number of fused-ring (bicyclic) bond motifs is 5. The van der Waals surface area contributed by atoms with Crippen molar-refractivity contribution in [2.24, 2.45) is 34.5 Å². The fourth-order valence-electron chi connectivity index (χ4n) is 8.77. The highest BCUT2D eigenvalue weighted by atomic mass is 16.5. The number of nitrogens with one attached hydrogen (secondary N) is 1. The third-order valence-electron chi connectivity index (χ3n) is 10.6. The van der Waals surface area contributed by atoms with Gasteiger partial charge in [-0.05, 0) is 93.8 Å². The number of hydrogen-bond acceptors (Lipinski definition) is 4. The number of carbonyl (C=O) groups excluding carboxylic acids is 3. The minimum atomic E-state index is -0.266. The maximum Gasteiger partial charge on any atom is 0.324 e. The molecule has 7 atom stereocenters. The van der Waals surface area contributed by atoms with Crippen LogP contribution in [0.15, 0.2) is 0 Å². The summed E-state index contributed by atoms with van der Waals surface area (Å²) < 4.78 is 5.47. The van der Waals surface area contributed by atoms with Crippen molar-refractivity contribution in [2.75, 3.05) is 33.4 Å². The second kappa shape index (κ2) is 10.4. The Balaban J connectivity index is 1.51. The van der Waals surface area contributed by atoms with Gasteiger partial charge in [-0.1, -0.05) is 13.8 Å². The van der Waals surface area contributed by atoms with Crippen LogP contribution in [0.5, 0.6) is 0 Å². The van der Waals surface area contributed by atoms with E-state index in [1.54, 1.807) is 0 Å². The zero-order chi connectivity index (χ0) is 25.4. The third-order valence-corrected chi connectivity index (χ3v) is 10.6. The molecule has 2 unspecified atom stereocenters. The number of likely N-dealkylation sites (tertiary alicyclic amines) is 1. The highest BCUT2D eigenvalue weighted by molar-refractivity contribution is 5.96. The van der Waals surface area contributed by atoms with E-state index in [-0.39, 0.29) is 28.7 Å². The molecule has 0 bridgehead atoms. The lowest BCUT2D eigenvalue weighted by atomic mass is 9.47. The van der Waals surface area contributed by atoms with Gasteiger partial charge in [-0.2, -0.15) is 0 Å². The summed E-state index contributed by atoms with van der Waals surface area (Å²) in [5.74, 6) is 1.98. The number of ether oxygens (including phenoxy) is 1. The molecular formula is C28H47N3O4. The summed E-state index contributed by atoms with van der Waals surface area (Å²) in [4.78, 5) is 42.7. The van der Waals surface area contributed by atoms with Crippen LogP contribution in [-0.2, 0) is 14.3 Å². The monoisotopic (exact) mass is 489 g/mol. The smallest absolute Gasteiger partial charge is 0.324 e. The van der Waals surface area contributed by atoms with Crippen LogP contribution in [0.3, 0.4) is 0 Å². The van der Waals surface area contributed by atoms with E-state index in [1.807, 2.05) is 25.8 Å². The van der Waals surface area contributed by atoms with E-state index < -0.39 is 0 Å². The second-order valence-electron chi connectivity index (χ2n) is 12.0. The summed E-state index contributed by atoms with van der Waals surface area (Å²) in [5, 5.41) is 2.86. The van der Waals surface area contributed by atoms with E-state index in [9.17, 15) is 14.4 Å². The zero-order valence-electron chi connectivity index (χ0n) is 22.6. The van der Waals surface area contributed by atoms with Crippen LogP contribution in [0.2, 0.25) is 0 Å². The van der Waals surface area contributed by atoms with Crippen molar-refractivity contribution < 1.29 is 19.1 Å². The average Bonchev–Trinajstić information content (AvgIpc) is 3.19. The summed E-state index contributed by atoms with van der Waals surface area (Å²) in [6.45, 7) is 10.8. The molecule has 35 heavy (non-hydrogen) atoms. The predicted octanol–water partition coefficient (Wildman–Crippen LogP) is 4.45. The normalized spacial score (nSPS) is 38.4. The number of nitrogens with zero attached hydrogens (tertiary/aromatic N) is 2. The SMILES string of the molecule is CCNC(=O)N(CCCOCC)C(=O)C1CC[C@H]2[C@@H]3CCC4N(C)C(=O)CC[C@]4(C)[C@@H]3CC[C@]12C. The lowest BCUT2D eigenvalue weighted by Crippen LogP contribution is -2.61. The van der Waals surface area contributed by atoms with Crippen molar-refractivity contribution in [3.63, 3.8) is 0 Å². The Hall–Kier alpha value is -1.63. The largest absolute Gasteiger partial charge is 0.382 e. The molecule has 0 aromatic rings. The van der Waals surface area contributed by atoms with E-state index in [4.69, 9.17) is 4.74 Å². The molecule has 7 heteroatoms. The van der Waals surface area contributed by atoms with Gasteiger partial charge < -0.3 is 15.0 Å². The number of amides is 4.